The zero-order chi connectivity index (χ0) is 71.9. The molecule has 0 N–H and O–H groups in total. The van der Waals surface area contributed by atoms with Crippen molar-refractivity contribution < 1.29 is 0 Å². The topological polar surface area (TPSA) is 10.8 Å². The summed E-state index contributed by atoms with van der Waals surface area (Å²) in [4.78, 5) is 9.02. The van der Waals surface area contributed by atoms with E-state index in [2.05, 4.69) is 410 Å². The molecule has 0 atom stereocenters. The Balaban J connectivity index is 1.21. The lowest BCUT2D eigenvalue weighted by atomic mass is 9.82. The Hall–Kier alpha value is -11.1. The number of benzene rings is 13. The Bertz CT molecular complexity index is 5030. The fraction of sp³-hybridized carbons (Fsp3) is 0.202. The van der Waals surface area contributed by atoms with Crippen molar-refractivity contribution in [1.29, 1.82) is 0 Å². The maximum atomic E-state index is 8.00. The minimum Gasteiger partial charge on any atom is -0.309 e. The summed E-state index contributed by atoms with van der Waals surface area (Å²) in [5, 5.41) is 0. The van der Waals surface area contributed by atoms with Crippen LogP contribution in [0.25, 0.3) is 93.9 Å². The molecule has 13 rings (SSSR count). The second-order valence-corrected chi connectivity index (χ2v) is 32.7. The molecule has 0 aliphatic rings. The van der Waals surface area contributed by atoms with E-state index in [0.29, 0.717) is 5.69 Å². The molecule has 0 radical (unpaired) electrons. The van der Waals surface area contributed by atoms with Gasteiger partial charge in [0.2, 0.25) is 0 Å². The van der Waals surface area contributed by atoms with Crippen molar-refractivity contribution in [3.8, 4) is 89.0 Å². The summed E-state index contributed by atoms with van der Waals surface area (Å²) in [6, 6.07) is 113. The molecule has 102 heavy (non-hydrogen) atoms. The molecule has 0 bridgehead atoms. The number of hydrogen-bond acceptors (Lipinski definition) is 2. The molecule has 13 aromatic rings. The summed E-state index contributed by atoms with van der Waals surface area (Å²) in [7, 11) is 0. The van der Waals surface area contributed by atoms with Gasteiger partial charge in [0.25, 0.3) is 0 Å². The first kappa shape index (κ1) is 69.4. The minimum absolute atomic E-state index is 0.135. The van der Waals surface area contributed by atoms with Crippen molar-refractivity contribution in [3.63, 3.8) is 0 Å². The zero-order valence-electron chi connectivity index (χ0n) is 62.2. The summed E-state index contributed by atoms with van der Waals surface area (Å²) >= 11 is 0. The molecule has 3 nitrogen and oxygen atoms in total. The Labute approximate surface area is 608 Å². The fourth-order valence-corrected chi connectivity index (χ4v) is 13.9. The summed E-state index contributed by atoms with van der Waals surface area (Å²) in [6.45, 7) is 42.8. The first-order valence-electron chi connectivity index (χ1n) is 36.1. The van der Waals surface area contributed by atoms with Gasteiger partial charge in [-0.2, -0.15) is 0 Å². The lowest BCUT2D eigenvalue weighted by molar-refractivity contribution is 0.590. The summed E-state index contributed by atoms with van der Waals surface area (Å²) in [6.07, 6.45) is 0. The molecular weight excluding hydrogens is 1230 g/mol. The van der Waals surface area contributed by atoms with E-state index < -0.39 is 0 Å². The minimum atomic E-state index is -0.365. The molecule has 3 heteroatoms. The molecule has 0 aromatic heterocycles. The average molecular weight is 1330 g/mol. The monoisotopic (exact) mass is 1330 g/mol. The van der Waals surface area contributed by atoms with Gasteiger partial charge in [0.15, 0.2) is 5.69 Å². The van der Waals surface area contributed by atoms with Crippen LogP contribution in [0.15, 0.2) is 303 Å². The Kier molecular flexibility index (Phi) is 18.9. The van der Waals surface area contributed by atoms with Crippen LogP contribution in [0.1, 0.15) is 132 Å². The Morgan fingerprint density at radius 2 is 0.451 bits per heavy atom. The predicted molar refractivity (Wildman–Crippen MR) is 439 cm³/mol. The molecule has 0 heterocycles. The molecule has 0 saturated heterocycles. The smallest absolute Gasteiger partial charge is 0.187 e. The van der Waals surface area contributed by atoms with Crippen LogP contribution in [0, 0.1) is 6.57 Å². The molecule has 13 aromatic carbocycles. The van der Waals surface area contributed by atoms with Crippen LogP contribution in [0.2, 0.25) is 0 Å². The van der Waals surface area contributed by atoms with Crippen LogP contribution in [0.5, 0.6) is 0 Å². The molecule has 0 aliphatic carbocycles. The third-order valence-corrected chi connectivity index (χ3v) is 20.0. The lowest BCUT2D eigenvalue weighted by Gasteiger charge is -2.36. The van der Waals surface area contributed by atoms with Gasteiger partial charge in [-0.1, -0.05) is 340 Å². The van der Waals surface area contributed by atoms with E-state index in [-0.39, 0.29) is 27.1 Å². The van der Waals surface area contributed by atoms with Crippen LogP contribution >= 0.6 is 0 Å². The average Bonchev–Trinajstić information content (AvgIpc) is 0.740. The van der Waals surface area contributed by atoms with Crippen molar-refractivity contribution >= 4 is 39.8 Å². The van der Waals surface area contributed by atoms with Crippen molar-refractivity contribution in [2.24, 2.45) is 0 Å². The first-order chi connectivity index (χ1) is 48.7. The van der Waals surface area contributed by atoms with Gasteiger partial charge in [-0.15, -0.1) is 0 Å². The van der Waals surface area contributed by atoms with E-state index in [1.807, 2.05) is 12.1 Å². The predicted octanol–water partition coefficient (Wildman–Crippen LogP) is 29.0. The van der Waals surface area contributed by atoms with Gasteiger partial charge in [0.05, 0.1) is 17.9 Å². The molecule has 0 amide bonds. The van der Waals surface area contributed by atoms with Crippen LogP contribution in [0.4, 0.5) is 39.8 Å². The Morgan fingerprint density at radius 3 is 0.725 bits per heavy atom. The van der Waals surface area contributed by atoms with E-state index in [1.165, 1.54) is 27.8 Å². The number of anilines is 6. The van der Waals surface area contributed by atoms with Crippen LogP contribution in [-0.4, -0.2) is 0 Å². The highest BCUT2D eigenvalue weighted by atomic mass is 15.2. The van der Waals surface area contributed by atoms with Gasteiger partial charge >= 0.3 is 0 Å². The summed E-state index contributed by atoms with van der Waals surface area (Å²) in [5.41, 5.74) is 29.8. The van der Waals surface area contributed by atoms with E-state index in [1.54, 1.807) is 0 Å². The maximum absolute atomic E-state index is 8.00. The number of nitrogens with zero attached hydrogens (tertiary/aromatic N) is 3. The SMILES string of the molecule is [C-]#[N+]c1ccc(-c2cc(-c3cccc(C(C)(C)C)c3)c(N(c3ccc(-c4ccccc4)cc3)c3cc(N(c4ccc(-c5ccccc5)cc4)c4c(-c5cccc(C(C)(C)C)c5)cc(-c5ccccc5)cc4-c4cccc(C(C)(C)C)c4)cc(C(C)(C)C)c3)c(-c3cccc(C(C)(C)C)c3)c2)cc1. The van der Waals surface area contributed by atoms with Gasteiger partial charge in [-0.05, 0) is 188 Å². The molecule has 506 valence electrons. The van der Waals surface area contributed by atoms with E-state index in [0.717, 1.165) is 123 Å². The van der Waals surface area contributed by atoms with Gasteiger partial charge in [-0.3, -0.25) is 0 Å². The van der Waals surface area contributed by atoms with Crippen molar-refractivity contribution in [3.05, 3.63) is 343 Å². The zero-order valence-corrected chi connectivity index (χ0v) is 62.2. The van der Waals surface area contributed by atoms with Gasteiger partial charge in [0.1, 0.15) is 0 Å². The van der Waals surface area contributed by atoms with E-state index in [9.17, 15) is 0 Å². The fourth-order valence-electron chi connectivity index (χ4n) is 13.9. The third kappa shape index (κ3) is 14.9. The van der Waals surface area contributed by atoms with Gasteiger partial charge in [0, 0.05) is 45.0 Å². The maximum Gasteiger partial charge on any atom is 0.187 e. The van der Waals surface area contributed by atoms with Gasteiger partial charge < -0.3 is 9.80 Å². The standard InChI is InChI=1S/C99H95N3/c1-95(2,3)79-40-26-36-73(56-79)89-60-77(69-34-24-19-25-35-69)61-90(74-37-27-41-80(57-74)96(4,5)6)93(89)101(85-52-46-70(47-53-85)67-30-20-17-21-31-67)87-64-83(99(13,14)15)65-88(66-87)102(86-54-48-71(49-55-86)68-32-22-18-23-33-68)94-91(75-38-28-42-81(58-75)97(7,8)9)62-78(72-44-50-84(100-16)51-45-72)63-92(94)76-39-29-43-82(59-76)98(10,11)12/h17-66H,1-15H3. The quantitative estimate of drug-likeness (QED) is 0.101. The van der Waals surface area contributed by atoms with Crippen LogP contribution < -0.4 is 9.80 Å². The van der Waals surface area contributed by atoms with Crippen molar-refractivity contribution in [2.75, 3.05) is 9.80 Å². The highest BCUT2D eigenvalue weighted by molar-refractivity contribution is 6.04. The molecule has 0 aliphatic heterocycles. The van der Waals surface area contributed by atoms with E-state index in [4.69, 9.17) is 6.57 Å². The lowest BCUT2D eigenvalue weighted by Crippen LogP contribution is -2.19. The second kappa shape index (κ2) is 27.8. The van der Waals surface area contributed by atoms with Crippen molar-refractivity contribution in [2.45, 2.75) is 131 Å². The first-order valence-corrected chi connectivity index (χ1v) is 36.1. The van der Waals surface area contributed by atoms with Crippen LogP contribution in [-0.2, 0) is 27.1 Å². The third-order valence-electron chi connectivity index (χ3n) is 20.0. The Morgan fingerprint density at radius 1 is 0.206 bits per heavy atom. The number of rotatable bonds is 14. The summed E-state index contributed by atoms with van der Waals surface area (Å²) in [5.74, 6) is 0. The highest BCUT2D eigenvalue weighted by Gasteiger charge is 2.32. The highest BCUT2D eigenvalue weighted by Crippen LogP contribution is 2.55. The summed E-state index contributed by atoms with van der Waals surface area (Å²) < 4.78 is 0. The molecule has 0 spiro atoms. The largest absolute Gasteiger partial charge is 0.309 e. The number of hydrogen-bond donors (Lipinski definition) is 0. The van der Waals surface area contributed by atoms with Gasteiger partial charge in [-0.25, -0.2) is 4.85 Å². The molecule has 0 saturated carbocycles. The normalized spacial score (nSPS) is 12.1. The van der Waals surface area contributed by atoms with E-state index >= 15 is 0 Å². The molecule has 0 fully saturated rings. The molecular formula is C99H95N3. The second-order valence-electron chi connectivity index (χ2n) is 32.7. The van der Waals surface area contributed by atoms with Crippen LogP contribution in [0.3, 0.4) is 0 Å². The van der Waals surface area contributed by atoms with Crippen molar-refractivity contribution in [1.82, 2.24) is 0 Å². The molecule has 0 unspecified atom stereocenters.